The van der Waals surface area contributed by atoms with E-state index in [1.54, 1.807) is 34.9 Å². The highest BCUT2D eigenvalue weighted by Crippen LogP contribution is 2.34. The van der Waals surface area contributed by atoms with Crippen molar-refractivity contribution in [3.05, 3.63) is 50.1 Å². The van der Waals surface area contributed by atoms with Gasteiger partial charge in [-0.1, -0.05) is 27.5 Å². The van der Waals surface area contributed by atoms with Gasteiger partial charge in [0.15, 0.2) is 5.43 Å². The number of hydrogen-bond acceptors (Lipinski definition) is 3. The molecule has 4 nitrogen and oxygen atoms in total. The highest BCUT2D eigenvalue weighted by Gasteiger charge is 2.17. The Morgan fingerprint density at radius 2 is 2.00 bits per heavy atom. The molecular formula is C16H11BrClNO3S. The molecule has 0 fully saturated rings. The average molecular weight is 413 g/mol. The molecule has 0 aliphatic rings. The van der Waals surface area contributed by atoms with Gasteiger partial charge in [-0.15, -0.1) is 11.8 Å². The van der Waals surface area contributed by atoms with Gasteiger partial charge < -0.3 is 9.67 Å². The molecule has 118 valence electrons. The number of carboxylic acids is 1. The molecular weight excluding hydrogens is 402 g/mol. The van der Waals surface area contributed by atoms with Crippen LogP contribution < -0.4 is 5.43 Å². The van der Waals surface area contributed by atoms with E-state index in [4.69, 9.17) is 11.6 Å². The fourth-order valence-corrected chi connectivity index (χ4v) is 4.09. The normalized spacial score (nSPS) is 11.3. The Balaban J connectivity index is 2.64. The fraction of sp³-hybridized carbons (Fsp3) is 0.125. The van der Waals surface area contributed by atoms with Crippen LogP contribution in [-0.2, 0) is 11.3 Å². The molecule has 0 atom stereocenters. The maximum absolute atomic E-state index is 12.8. The van der Waals surface area contributed by atoms with Crippen molar-refractivity contribution >= 4 is 67.1 Å². The number of hydrogen-bond donors (Lipinski definition) is 1. The van der Waals surface area contributed by atoms with Crippen molar-refractivity contribution in [2.75, 3.05) is 6.26 Å². The second-order valence-electron chi connectivity index (χ2n) is 4.95. The van der Waals surface area contributed by atoms with E-state index < -0.39 is 5.97 Å². The third-order valence-corrected chi connectivity index (χ3v) is 5.33. The minimum atomic E-state index is -0.983. The first kappa shape index (κ1) is 16.4. The molecule has 2 aromatic carbocycles. The van der Waals surface area contributed by atoms with Crippen LogP contribution in [0.4, 0.5) is 0 Å². The molecule has 3 rings (SSSR count). The third kappa shape index (κ3) is 2.75. The van der Waals surface area contributed by atoms with Gasteiger partial charge in [0.25, 0.3) is 0 Å². The number of pyridine rings is 1. The Labute approximate surface area is 149 Å². The average Bonchev–Trinajstić information content (AvgIpc) is 2.50. The lowest BCUT2D eigenvalue weighted by molar-refractivity contribution is -0.137. The van der Waals surface area contributed by atoms with E-state index in [0.717, 1.165) is 4.47 Å². The van der Waals surface area contributed by atoms with Crippen molar-refractivity contribution in [3.8, 4) is 0 Å². The number of aliphatic carboxylic acids is 1. The highest BCUT2D eigenvalue weighted by molar-refractivity contribution is 9.10. The van der Waals surface area contributed by atoms with Gasteiger partial charge in [-0.2, -0.15) is 0 Å². The van der Waals surface area contributed by atoms with Gasteiger partial charge >= 0.3 is 5.97 Å². The molecule has 0 unspecified atom stereocenters. The molecule has 1 aromatic heterocycles. The van der Waals surface area contributed by atoms with E-state index >= 15 is 0 Å². The fourth-order valence-electron chi connectivity index (χ4n) is 2.68. The summed E-state index contributed by atoms with van der Waals surface area (Å²) in [6.45, 7) is -0.252. The zero-order valence-electron chi connectivity index (χ0n) is 12.0. The van der Waals surface area contributed by atoms with Crippen molar-refractivity contribution in [1.82, 2.24) is 4.57 Å². The summed E-state index contributed by atoms with van der Waals surface area (Å²) in [6.07, 6.45) is 1.85. The molecule has 0 spiro atoms. The number of nitrogens with zero attached hydrogens (tertiary/aromatic N) is 1. The van der Waals surface area contributed by atoms with Crippen LogP contribution in [-0.4, -0.2) is 21.9 Å². The van der Waals surface area contributed by atoms with Gasteiger partial charge in [-0.3, -0.25) is 9.59 Å². The van der Waals surface area contributed by atoms with Gasteiger partial charge in [0.05, 0.1) is 21.0 Å². The molecule has 1 heterocycles. The first-order chi connectivity index (χ1) is 10.9. The van der Waals surface area contributed by atoms with Crippen LogP contribution in [0.1, 0.15) is 0 Å². The number of rotatable bonds is 3. The number of carbonyl (C=O) groups is 1. The summed E-state index contributed by atoms with van der Waals surface area (Å²) in [4.78, 5) is 24.8. The number of aromatic nitrogens is 1. The predicted octanol–water partition coefficient (Wildman–Crippen LogP) is 4.38. The Morgan fingerprint density at radius 1 is 1.30 bits per heavy atom. The standard InChI is InChI=1S/C16H11BrClNO3S/c1-23-16-11(18)5-4-10-14(16)19(7-13(20)21)12-6-8(17)2-3-9(12)15(10)22/h2-6H,7H2,1H3,(H,20,21). The summed E-state index contributed by atoms with van der Waals surface area (Å²) in [5, 5.41) is 10.8. The summed E-state index contributed by atoms with van der Waals surface area (Å²) < 4.78 is 2.41. The topological polar surface area (TPSA) is 59.3 Å². The van der Waals surface area contributed by atoms with E-state index in [1.165, 1.54) is 11.8 Å². The monoisotopic (exact) mass is 411 g/mol. The molecule has 0 amide bonds. The van der Waals surface area contributed by atoms with Gasteiger partial charge in [-0.05, 0) is 36.6 Å². The molecule has 0 bridgehead atoms. The summed E-state index contributed by atoms with van der Waals surface area (Å²) in [7, 11) is 0. The third-order valence-electron chi connectivity index (χ3n) is 3.59. The van der Waals surface area contributed by atoms with Gasteiger partial charge in [0.2, 0.25) is 0 Å². The van der Waals surface area contributed by atoms with Crippen molar-refractivity contribution in [1.29, 1.82) is 0 Å². The lowest BCUT2D eigenvalue weighted by Gasteiger charge is -2.16. The van der Waals surface area contributed by atoms with Crippen LogP contribution in [0, 0.1) is 0 Å². The second-order valence-corrected chi connectivity index (χ2v) is 7.09. The number of fused-ring (bicyclic) bond motifs is 2. The van der Waals surface area contributed by atoms with E-state index in [0.29, 0.717) is 31.7 Å². The Morgan fingerprint density at radius 3 is 2.65 bits per heavy atom. The molecule has 0 saturated heterocycles. The molecule has 0 radical (unpaired) electrons. The van der Waals surface area contributed by atoms with Gasteiger partial charge in [-0.25, -0.2) is 0 Å². The molecule has 23 heavy (non-hydrogen) atoms. The Hall–Kier alpha value is -1.50. The van der Waals surface area contributed by atoms with Crippen molar-refractivity contribution < 1.29 is 9.90 Å². The number of benzene rings is 2. The minimum Gasteiger partial charge on any atom is -0.480 e. The largest absolute Gasteiger partial charge is 0.480 e. The lowest BCUT2D eigenvalue weighted by Crippen LogP contribution is -2.16. The van der Waals surface area contributed by atoms with Crippen molar-refractivity contribution in [2.24, 2.45) is 0 Å². The van der Waals surface area contributed by atoms with Gasteiger partial charge in [0, 0.05) is 15.2 Å². The SMILES string of the molecule is CSc1c(Cl)ccc2c(=O)c3ccc(Br)cc3n(CC(=O)O)c12. The summed E-state index contributed by atoms with van der Waals surface area (Å²) in [6, 6.07) is 8.55. The van der Waals surface area contributed by atoms with E-state index in [-0.39, 0.29) is 12.0 Å². The maximum atomic E-state index is 12.8. The summed E-state index contributed by atoms with van der Waals surface area (Å²) in [5.41, 5.74) is 0.996. The smallest absolute Gasteiger partial charge is 0.323 e. The Kier molecular flexibility index (Phi) is 4.40. The van der Waals surface area contributed by atoms with Crippen molar-refractivity contribution in [2.45, 2.75) is 11.4 Å². The van der Waals surface area contributed by atoms with Crippen LogP contribution in [0.25, 0.3) is 21.8 Å². The zero-order valence-corrected chi connectivity index (χ0v) is 15.1. The highest BCUT2D eigenvalue weighted by atomic mass is 79.9. The molecule has 3 aromatic rings. The van der Waals surface area contributed by atoms with Crippen LogP contribution >= 0.6 is 39.3 Å². The predicted molar refractivity (Wildman–Crippen MR) is 97.8 cm³/mol. The summed E-state index contributed by atoms with van der Waals surface area (Å²) >= 11 is 11.0. The van der Waals surface area contributed by atoms with Crippen LogP contribution in [0.3, 0.4) is 0 Å². The maximum Gasteiger partial charge on any atom is 0.323 e. The molecule has 0 aliphatic heterocycles. The summed E-state index contributed by atoms with van der Waals surface area (Å²) in [5.74, 6) is -0.983. The Bertz CT molecular complexity index is 1020. The number of carboxylic acid groups (broad SMARTS) is 1. The van der Waals surface area contributed by atoms with E-state index in [1.807, 2.05) is 6.26 Å². The quantitative estimate of drug-likeness (QED) is 0.512. The van der Waals surface area contributed by atoms with Crippen LogP contribution in [0.15, 0.2) is 44.5 Å². The number of thioether (sulfide) groups is 1. The molecule has 0 saturated carbocycles. The van der Waals surface area contributed by atoms with Crippen LogP contribution in [0.2, 0.25) is 5.02 Å². The van der Waals surface area contributed by atoms with Gasteiger partial charge in [0.1, 0.15) is 6.54 Å². The van der Waals surface area contributed by atoms with Crippen LogP contribution in [0.5, 0.6) is 0 Å². The van der Waals surface area contributed by atoms with E-state index in [9.17, 15) is 14.7 Å². The number of halogens is 2. The van der Waals surface area contributed by atoms with E-state index in [2.05, 4.69) is 15.9 Å². The first-order valence-electron chi connectivity index (χ1n) is 6.64. The first-order valence-corrected chi connectivity index (χ1v) is 9.03. The van der Waals surface area contributed by atoms with Crippen molar-refractivity contribution in [3.63, 3.8) is 0 Å². The molecule has 7 heteroatoms. The molecule has 1 N–H and O–H groups in total. The zero-order chi connectivity index (χ0) is 16.7. The second kappa shape index (κ2) is 6.19. The lowest BCUT2D eigenvalue weighted by atomic mass is 10.1. The molecule has 0 aliphatic carbocycles. The minimum absolute atomic E-state index is 0.129.